The van der Waals surface area contributed by atoms with Crippen LogP contribution in [0.3, 0.4) is 0 Å². The van der Waals surface area contributed by atoms with E-state index in [0.29, 0.717) is 28.1 Å². The molecule has 0 radical (unpaired) electrons. The molecule has 8 heteroatoms. The molecule has 4 rings (SSSR count). The smallest absolute Gasteiger partial charge is 0.421 e. The molecular weight excluding hydrogens is 508 g/mol. The van der Waals surface area contributed by atoms with Crippen LogP contribution < -0.4 is 15.0 Å². The van der Waals surface area contributed by atoms with Gasteiger partial charge in [0.2, 0.25) is 0 Å². The minimum Gasteiger partial charge on any atom is -0.497 e. The number of rotatable bonds is 5. The van der Waals surface area contributed by atoms with Gasteiger partial charge in [-0.2, -0.15) is 0 Å². The van der Waals surface area contributed by atoms with Gasteiger partial charge in [-0.3, -0.25) is 4.79 Å². The Hall–Kier alpha value is -4.33. The number of carbonyl (C=O) groups is 3. The fourth-order valence-electron chi connectivity index (χ4n) is 4.98. The molecule has 3 aromatic rings. The summed E-state index contributed by atoms with van der Waals surface area (Å²) in [4.78, 5) is 42.9. The van der Waals surface area contributed by atoms with Gasteiger partial charge in [0.05, 0.1) is 18.8 Å². The lowest BCUT2D eigenvalue weighted by Crippen LogP contribution is -2.53. The van der Waals surface area contributed by atoms with E-state index in [1.807, 2.05) is 60.7 Å². The molecule has 0 saturated heterocycles. The van der Waals surface area contributed by atoms with Crippen LogP contribution in [0.25, 0.3) is 0 Å². The third-order valence-corrected chi connectivity index (χ3v) is 6.44. The van der Waals surface area contributed by atoms with Crippen molar-refractivity contribution in [3.63, 3.8) is 0 Å². The molecule has 1 aliphatic heterocycles. The van der Waals surface area contributed by atoms with Crippen LogP contribution in [0.4, 0.5) is 15.3 Å². The third-order valence-electron chi connectivity index (χ3n) is 6.44. The zero-order valence-electron chi connectivity index (χ0n) is 24.0. The molecule has 0 spiro atoms. The summed E-state index contributed by atoms with van der Waals surface area (Å²) in [5.74, 6) is -0.0805. The van der Waals surface area contributed by atoms with Gasteiger partial charge in [0.1, 0.15) is 22.4 Å². The van der Waals surface area contributed by atoms with Crippen molar-refractivity contribution in [2.75, 3.05) is 12.0 Å². The standard InChI is InChI=1S/C32H36N2O6/c1-30(2,3)39-28(36)33-26(21-14-10-8-11-15-21)32(22-16-12-9-13-17-22)24-20-23(38-7)18-19-25(24)34(27(32)35)29(37)40-31(4,5)6/h8-20,26H,1-7H3,(H,33,36)/t26-,32-/m0/s1. The van der Waals surface area contributed by atoms with E-state index in [-0.39, 0.29) is 0 Å². The molecule has 0 fully saturated rings. The number of carbonyl (C=O) groups excluding carboxylic acids is 3. The molecule has 3 aromatic carbocycles. The van der Waals surface area contributed by atoms with Crippen molar-refractivity contribution in [3.05, 3.63) is 95.6 Å². The predicted molar refractivity (Wildman–Crippen MR) is 152 cm³/mol. The van der Waals surface area contributed by atoms with Crippen molar-refractivity contribution in [1.29, 1.82) is 0 Å². The largest absolute Gasteiger partial charge is 0.497 e. The highest BCUT2D eigenvalue weighted by molar-refractivity contribution is 6.23. The summed E-state index contributed by atoms with van der Waals surface area (Å²) in [7, 11) is 1.53. The number of alkyl carbamates (subject to hydrolysis) is 1. The van der Waals surface area contributed by atoms with E-state index in [2.05, 4.69) is 5.32 Å². The van der Waals surface area contributed by atoms with Gasteiger partial charge in [0.15, 0.2) is 0 Å². The Bertz CT molecular complexity index is 1390. The molecule has 40 heavy (non-hydrogen) atoms. The van der Waals surface area contributed by atoms with Crippen LogP contribution in [0, 0.1) is 0 Å². The van der Waals surface area contributed by atoms with Gasteiger partial charge >= 0.3 is 12.2 Å². The van der Waals surface area contributed by atoms with Crippen LogP contribution in [0.5, 0.6) is 5.75 Å². The number of imide groups is 1. The number of benzene rings is 3. The lowest BCUT2D eigenvalue weighted by Gasteiger charge is -2.38. The van der Waals surface area contributed by atoms with E-state index < -0.39 is 40.8 Å². The number of methoxy groups -OCH3 is 1. The first-order valence-electron chi connectivity index (χ1n) is 13.1. The number of amides is 3. The van der Waals surface area contributed by atoms with Gasteiger partial charge in [-0.25, -0.2) is 14.5 Å². The highest BCUT2D eigenvalue weighted by atomic mass is 16.6. The van der Waals surface area contributed by atoms with Crippen molar-refractivity contribution in [1.82, 2.24) is 5.32 Å². The Morgan fingerprint density at radius 3 is 1.95 bits per heavy atom. The molecule has 0 aromatic heterocycles. The average molecular weight is 545 g/mol. The van der Waals surface area contributed by atoms with Crippen LogP contribution >= 0.6 is 0 Å². The highest BCUT2D eigenvalue weighted by Gasteiger charge is 2.60. The summed E-state index contributed by atoms with van der Waals surface area (Å²) >= 11 is 0. The molecule has 1 N–H and O–H groups in total. The predicted octanol–water partition coefficient (Wildman–Crippen LogP) is 6.53. The Balaban J connectivity index is 2.05. The Morgan fingerprint density at radius 1 is 0.825 bits per heavy atom. The summed E-state index contributed by atoms with van der Waals surface area (Å²) in [6.07, 6.45) is -1.52. The summed E-state index contributed by atoms with van der Waals surface area (Å²) in [5, 5.41) is 2.99. The maximum absolute atomic E-state index is 14.9. The van der Waals surface area contributed by atoms with Crippen molar-refractivity contribution < 1.29 is 28.6 Å². The summed E-state index contributed by atoms with van der Waals surface area (Å²) in [5.41, 5.74) is -1.17. The fourth-order valence-corrected chi connectivity index (χ4v) is 4.98. The van der Waals surface area contributed by atoms with E-state index in [4.69, 9.17) is 14.2 Å². The molecule has 2 atom stereocenters. The molecule has 0 saturated carbocycles. The molecule has 1 heterocycles. The number of fused-ring (bicyclic) bond motifs is 1. The topological polar surface area (TPSA) is 94.2 Å². The third kappa shape index (κ3) is 5.52. The first kappa shape index (κ1) is 28.7. The van der Waals surface area contributed by atoms with Crippen molar-refractivity contribution in [2.24, 2.45) is 0 Å². The zero-order valence-corrected chi connectivity index (χ0v) is 24.0. The van der Waals surface area contributed by atoms with Gasteiger partial charge in [0, 0.05) is 5.56 Å². The van der Waals surface area contributed by atoms with Crippen molar-refractivity contribution >= 4 is 23.8 Å². The molecule has 0 bridgehead atoms. The number of nitrogens with one attached hydrogen (secondary N) is 1. The maximum Gasteiger partial charge on any atom is 0.421 e. The quantitative estimate of drug-likeness (QED) is 0.393. The Kier molecular flexibility index (Phi) is 7.65. The van der Waals surface area contributed by atoms with Gasteiger partial charge in [-0.05, 0) is 70.9 Å². The molecule has 210 valence electrons. The fraction of sp³-hybridized carbons (Fsp3) is 0.344. The molecule has 0 unspecified atom stereocenters. The van der Waals surface area contributed by atoms with Crippen molar-refractivity contribution in [2.45, 2.75) is 64.2 Å². The minimum atomic E-state index is -1.58. The molecule has 1 aliphatic rings. The second kappa shape index (κ2) is 10.7. The Labute approximate surface area is 235 Å². The zero-order chi connectivity index (χ0) is 29.3. The highest BCUT2D eigenvalue weighted by Crippen LogP contribution is 2.54. The molecule has 8 nitrogen and oxygen atoms in total. The van der Waals surface area contributed by atoms with Crippen molar-refractivity contribution in [3.8, 4) is 5.75 Å². The monoisotopic (exact) mass is 544 g/mol. The molecule has 0 aliphatic carbocycles. The number of hydrogen-bond acceptors (Lipinski definition) is 6. The van der Waals surface area contributed by atoms with E-state index in [9.17, 15) is 14.4 Å². The van der Waals surface area contributed by atoms with Gasteiger partial charge in [-0.15, -0.1) is 0 Å². The SMILES string of the molecule is COc1ccc2c(c1)[C@@](c1ccccc1)([C@@H](NC(=O)OC(C)(C)C)c1ccccc1)C(=O)N2C(=O)OC(C)(C)C. The second-order valence-corrected chi connectivity index (χ2v) is 11.7. The molecule has 3 amide bonds. The first-order valence-corrected chi connectivity index (χ1v) is 13.1. The van der Waals surface area contributed by atoms with Crippen LogP contribution in [-0.2, 0) is 19.7 Å². The van der Waals surface area contributed by atoms with Crippen LogP contribution in [0.1, 0.15) is 64.3 Å². The maximum atomic E-state index is 14.9. The van der Waals surface area contributed by atoms with Gasteiger partial charge < -0.3 is 19.5 Å². The lowest BCUT2D eigenvalue weighted by molar-refractivity contribution is -0.122. The number of hydrogen-bond donors (Lipinski definition) is 1. The van der Waals surface area contributed by atoms with Crippen LogP contribution in [0.2, 0.25) is 0 Å². The lowest BCUT2D eigenvalue weighted by atomic mass is 9.67. The summed E-state index contributed by atoms with van der Waals surface area (Å²) in [6.45, 7) is 10.5. The Morgan fingerprint density at radius 2 is 1.40 bits per heavy atom. The number of anilines is 1. The second-order valence-electron chi connectivity index (χ2n) is 11.7. The first-order chi connectivity index (χ1) is 18.8. The van der Waals surface area contributed by atoms with Crippen LogP contribution in [-0.4, -0.2) is 36.4 Å². The van der Waals surface area contributed by atoms with Crippen LogP contribution in [0.15, 0.2) is 78.9 Å². The van der Waals surface area contributed by atoms with Gasteiger partial charge in [-0.1, -0.05) is 60.7 Å². The van der Waals surface area contributed by atoms with E-state index in [0.717, 1.165) is 4.90 Å². The van der Waals surface area contributed by atoms with E-state index >= 15 is 0 Å². The van der Waals surface area contributed by atoms with E-state index in [1.54, 1.807) is 59.7 Å². The number of ether oxygens (including phenoxy) is 3. The normalized spacial score (nSPS) is 17.6. The molecular formula is C32H36N2O6. The van der Waals surface area contributed by atoms with E-state index in [1.165, 1.54) is 7.11 Å². The number of nitrogens with zero attached hydrogens (tertiary/aromatic N) is 1. The average Bonchev–Trinajstić information content (AvgIpc) is 3.14. The summed E-state index contributed by atoms with van der Waals surface area (Å²) < 4.78 is 16.9. The minimum absolute atomic E-state index is 0.343. The van der Waals surface area contributed by atoms with Gasteiger partial charge in [0.25, 0.3) is 5.91 Å². The summed E-state index contributed by atoms with van der Waals surface area (Å²) in [6, 6.07) is 22.4.